The lowest BCUT2D eigenvalue weighted by Crippen LogP contribution is -2.18. The van der Waals surface area contributed by atoms with Crippen LogP contribution in [0.2, 0.25) is 0 Å². The smallest absolute Gasteiger partial charge is 0.127 e. The van der Waals surface area contributed by atoms with E-state index < -0.39 is 0 Å². The zero-order valence-corrected chi connectivity index (χ0v) is 6.91. The van der Waals surface area contributed by atoms with Crippen molar-refractivity contribution in [1.82, 2.24) is 0 Å². The third kappa shape index (κ3) is 0.843. The van der Waals surface area contributed by atoms with Gasteiger partial charge in [-0.25, -0.2) is 0 Å². The van der Waals surface area contributed by atoms with Crippen molar-refractivity contribution in [2.24, 2.45) is 0 Å². The molecule has 2 heteroatoms. The van der Waals surface area contributed by atoms with Crippen molar-refractivity contribution in [2.45, 2.75) is 12.3 Å². The van der Waals surface area contributed by atoms with Gasteiger partial charge in [0.05, 0.1) is 7.11 Å². The van der Waals surface area contributed by atoms with E-state index in [1.54, 1.807) is 7.11 Å². The van der Waals surface area contributed by atoms with Crippen LogP contribution in [0.25, 0.3) is 0 Å². The van der Waals surface area contributed by atoms with Gasteiger partial charge in [0.1, 0.15) is 12.0 Å². The van der Waals surface area contributed by atoms with Crippen LogP contribution in [0, 0.1) is 0 Å². The first-order chi connectivity index (χ1) is 5.86. The number of rotatable bonds is 2. The Bertz CT molecular complexity index is 318. The number of aldehydes is 1. The van der Waals surface area contributed by atoms with Gasteiger partial charge < -0.3 is 9.53 Å². The topological polar surface area (TPSA) is 26.3 Å². The first-order valence-electron chi connectivity index (χ1n) is 3.98. The largest absolute Gasteiger partial charge is 0.496 e. The molecule has 0 fully saturated rings. The number of carbonyl (C=O) groups is 1. The third-order valence-electron chi connectivity index (χ3n) is 2.38. The second-order valence-corrected chi connectivity index (χ2v) is 2.97. The minimum Gasteiger partial charge on any atom is -0.496 e. The molecule has 62 valence electrons. The van der Waals surface area contributed by atoms with Gasteiger partial charge in [-0.15, -0.1) is 0 Å². The van der Waals surface area contributed by atoms with Crippen LogP contribution in [0.3, 0.4) is 0 Å². The summed E-state index contributed by atoms with van der Waals surface area (Å²) in [6.07, 6.45) is 1.84. The maximum atomic E-state index is 10.5. The summed E-state index contributed by atoms with van der Waals surface area (Å²) in [6.45, 7) is 0. The van der Waals surface area contributed by atoms with Crippen molar-refractivity contribution in [2.75, 3.05) is 7.11 Å². The molecule has 0 heterocycles. The number of methoxy groups -OCH3 is 1. The Morgan fingerprint density at radius 1 is 1.58 bits per heavy atom. The maximum Gasteiger partial charge on any atom is 0.127 e. The molecule has 0 aliphatic heterocycles. The molecule has 0 N–H and O–H groups in total. The van der Waals surface area contributed by atoms with Gasteiger partial charge in [-0.05, 0) is 23.6 Å². The van der Waals surface area contributed by atoms with Crippen LogP contribution in [0.4, 0.5) is 0 Å². The SMILES string of the molecule is COc1cccc2c1CC2C=O. The molecule has 1 aromatic rings. The van der Waals surface area contributed by atoms with Gasteiger partial charge in [0.15, 0.2) is 0 Å². The van der Waals surface area contributed by atoms with E-state index in [1.807, 2.05) is 18.2 Å². The molecule has 12 heavy (non-hydrogen) atoms. The summed E-state index contributed by atoms with van der Waals surface area (Å²) in [4.78, 5) is 10.5. The molecular formula is C10H10O2. The monoisotopic (exact) mass is 162 g/mol. The van der Waals surface area contributed by atoms with Gasteiger partial charge in [0.2, 0.25) is 0 Å². The Morgan fingerprint density at radius 3 is 3.08 bits per heavy atom. The molecule has 1 unspecified atom stereocenters. The molecule has 0 saturated carbocycles. The van der Waals surface area contributed by atoms with Crippen LogP contribution in [-0.4, -0.2) is 13.4 Å². The molecule has 0 amide bonds. The second kappa shape index (κ2) is 2.63. The second-order valence-electron chi connectivity index (χ2n) is 2.97. The number of hydrogen-bond donors (Lipinski definition) is 0. The third-order valence-corrected chi connectivity index (χ3v) is 2.38. The number of hydrogen-bond acceptors (Lipinski definition) is 2. The summed E-state index contributed by atoms with van der Waals surface area (Å²) in [5, 5.41) is 0. The molecule has 2 nitrogen and oxygen atoms in total. The predicted octanol–water partition coefficient (Wildman–Crippen LogP) is 1.53. The molecule has 0 radical (unpaired) electrons. The summed E-state index contributed by atoms with van der Waals surface area (Å²) < 4.78 is 5.15. The Labute approximate surface area is 71.2 Å². The van der Waals surface area contributed by atoms with Crippen molar-refractivity contribution >= 4 is 6.29 Å². The van der Waals surface area contributed by atoms with Crippen molar-refractivity contribution in [1.29, 1.82) is 0 Å². The van der Waals surface area contributed by atoms with Crippen LogP contribution < -0.4 is 4.74 Å². The normalized spacial score (nSPS) is 19.2. The quantitative estimate of drug-likeness (QED) is 0.616. The molecule has 1 aliphatic carbocycles. The van der Waals surface area contributed by atoms with Gasteiger partial charge in [-0.3, -0.25) is 0 Å². The minimum atomic E-state index is 0.107. The number of ether oxygens (including phenoxy) is 1. The Hall–Kier alpha value is -1.31. The fourth-order valence-corrected chi connectivity index (χ4v) is 1.66. The van der Waals surface area contributed by atoms with E-state index >= 15 is 0 Å². The van der Waals surface area contributed by atoms with Gasteiger partial charge >= 0.3 is 0 Å². The Morgan fingerprint density at radius 2 is 2.42 bits per heavy atom. The molecule has 1 atom stereocenters. The Kier molecular flexibility index (Phi) is 1.61. The summed E-state index contributed by atoms with van der Waals surface area (Å²) >= 11 is 0. The molecule has 2 rings (SSSR count). The maximum absolute atomic E-state index is 10.5. The molecule has 0 aromatic heterocycles. The van der Waals surface area contributed by atoms with E-state index in [0.29, 0.717) is 0 Å². The molecule has 1 aromatic carbocycles. The lowest BCUT2D eigenvalue weighted by molar-refractivity contribution is -0.109. The molecule has 0 bridgehead atoms. The highest BCUT2D eigenvalue weighted by atomic mass is 16.5. The minimum absolute atomic E-state index is 0.107. The summed E-state index contributed by atoms with van der Waals surface area (Å²) in [5.41, 5.74) is 2.32. The highest BCUT2D eigenvalue weighted by Gasteiger charge is 2.28. The summed E-state index contributed by atoms with van der Waals surface area (Å²) in [6, 6.07) is 5.84. The van der Waals surface area contributed by atoms with Crippen LogP contribution in [-0.2, 0) is 11.2 Å². The lowest BCUT2D eigenvalue weighted by atomic mass is 9.78. The van der Waals surface area contributed by atoms with E-state index in [-0.39, 0.29) is 5.92 Å². The highest BCUT2D eigenvalue weighted by molar-refractivity contribution is 5.70. The fraction of sp³-hybridized carbons (Fsp3) is 0.300. The zero-order chi connectivity index (χ0) is 8.55. The first kappa shape index (κ1) is 7.35. The van der Waals surface area contributed by atoms with Gasteiger partial charge in [-0.2, -0.15) is 0 Å². The van der Waals surface area contributed by atoms with Crippen molar-refractivity contribution in [3.8, 4) is 5.75 Å². The van der Waals surface area contributed by atoms with Gasteiger partial charge in [0.25, 0.3) is 0 Å². The van der Waals surface area contributed by atoms with Crippen LogP contribution >= 0.6 is 0 Å². The van der Waals surface area contributed by atoms with Crippen LogP contribution in [0.1, 0.15) is 17.0 Å². The average Bonchev–Trinajstić information content (AvgIpc) is 2.07. The van der Waals surface area contributed by atoms with Gasteiger partial charge in [0, 0.05) is 5.92 Å². The highest BCUT2D eigenvalue weighted by Crippen LogP contribution is 2.39. The standard InChI is InChI=1S/C10H10O2/c1-12-10-4-2-3-8-7(6-11)5-9(8)10/h2-4,6-7H,5H2,1H3. The molecule has 0 saturated heterocycles. The Balaban J connectivity index is 2.42. The van der Waals surface area contributed by atoms with E-state index in [2.05, 4.69) is 0 Å². The van der Waals surface area contributed by atoms with E-state index in [4.69, 9.17) is 4.74 Å². The van der Waals surface area contributed by atoms with Gasteiger partial charge in [-0.1, -0.05) is 12.1 Å². The van der Waals surface area contributed by atoms with Crippen LogP contribution in [0.5, 0.6) is 5.75 Å². The van der Waals surface area contributed by atoms with Crippen LogP contribution in [0.15, 0.2) is 18.2 Å². The molecule has 0 spiro atoms. The van der Waals surface area contributed by atoms with E-state index in [0.717, 1.165) is 24.0 Å². The zero-order valence-electron chi connectivity index (χ0n) is 6.91. The number of fused-ring (bicyclic) bond motifs is 1. The summed E-state index contributed by atoms with van der Waals surface area (Å²) in [7, 11) is 1.66. The molecule has 1 aliphatic rings. The van der Waals surface area contributed by atoms with E-state index in [1.165, 1.54) is 5.56 Å². The average molecular weight is 162 g/mol. The predicted molar refractivity (Wildman–Crippen MR) is 45.5 cm³/mol. The van der Waals surface area contributed by atoms with Crippen molar-refractivity contribution < 1.29 is 9.53 Å². The van der Waals surface area contributed by atoms with Crippen molar-refractivity contribution in [3.05, 3.63) is 29.3 Å². The fourth-order valence-electron chi connectivity index (χ4n) is 1.66. The first-order valence-corrected chi connectivity index (χ1v) is 3.98. The number of carbonyl (C=O) groups excluding carboxylic acids is 1. The lowest BCUT2D eigenvalue weighted by Gasteiger charge is -2.27. The summed E-state index contributed by atoms with van der Waals surface area (Å²) in [5.74, 6) is 1.01. The van der Waals surface area contributed by atoms with E-state index in [9.17, 15) is 4.79 Å². The molecular weight excluding hydrogens is 152 g/mol. The number of benzene rings is 1. The van der Waals surface area contributed by atoms with Crippen molar-refractivity contribution in [3.63, 3.8) is 0 Å².